The fourth-order valence-corrected chi connectivity index (χ4v) is 2.80. The number of nitrogens with zero attached hydrogens (tertiary/aromatic N) is 2. The number of anilines is 2. The second kappa shape index (κ2) is 4.16. The number of fused-ring (bicyclic) bond motifs is 1. The van der Waals surface area contributed by atoms with Crippen LogP contribution >= 0.6 is 0 Å². The average Bonchev–Trinajstić information content (AvgIpc) is 2.70. The van der Waals surface area contributed by atoms with Crippen LogP contribution in [-0.2, 0) is 0 Å². The SMILES string of the molecule is CC1CN(c2ccc(N)c3ccncc23)CC1C. The molecule has 3 nitrogen and oxygen atoms in total. The van der Waals surface area contributed by atoms with Crippen LogP contribution in [0.25, 0.3) is 10.8 Å². The van der Waals surface area contributed by atoms with Crippen LogP contribution in [0.1, 0.15) is 13.8 Å². The summed E-state index contributed by atoms with van der Waals surface area (Å²) in [5, 5.41) is 2.27. The van der Waals surface area contributed by atoms with Crippen molar-refractivity contribution in [2.45, 2.75) is 13.8 Å². The lowest BCUT2D eigenvalue weighted by atomic mass is 10.0. The van der Waals surface area contributed by atoms with Crippen molar-refractivity contribution in [2.75, 3.05) is 23.7 Å². The quantitative estimate of drug-likeness (QED) is 0.781. The lowest BCUT2D eigenvalue weighted by Gasteiger charge is -2.21. The van der Waals surface area contributed by atoms with Gasteiger partial charge in [-0.2, -0.15) is 0 Å². The summed E-state index contributed by atoms with van der Waals surface area (Å²) in [6.07, 6.45) is 3.73. The molecule has 1 aromatic heterocycles. The maximum Gasteiger partial charge on any atom is 0.0463 e. The zero-order chi connectivity index (χ0) is 12.7. The van der Waals surface area contributed by atoms with E-state index in [9.17, 15) is 0 Å². The van der Waals surface area contributed by atoms with E-state index in [0.29, 0.717) is 0 Å². The molecule has 3 rings (SSSR count). The Morgan fingerprint density at radius 2 is 1.83 bits per heavy atom. The Kier molecular flexibility index (Phi) is 2.62. The minimum absolute atomic E-state index is 0.745. The monoisotopic (exact) mass is 241 g/mol. The molecule has 2 N–H and O–H groups in total. The van der Waals surface area contributed by atoms with Gasteiger partial charge in [0.1, 0.15) is 0 Å². The molecule has 94 valence electrons. The lowest BCUT2D eigenvalue weighted by molar-refractivity contribution is 0.494. The molecule has 0 bridgehead atoms. The van der Waals surface area contributed by atoms with Gasteiger partial charge in [-0.1, -0.05) is 13.8 Å². The molecular formula is C15H19N3. The van der Waals surface area contributed by atoms with Gasteiger partial charge in [0.25, 0.3) is 0 Å². The summed E-state index contributed by atoms with van der Waals surface area (Å²) >= 11 is 0. The minimum Gasteiger partial charge on any atom is -0.398 e. The number of aromatic nitrogens is 1. The molecule has 1 aromatic carbocycles. The van der Waals surface area contributed by atoms with E-state index in [1.165, 1.54) is 11.1 Å². The van der Waals surface area contributed by atoms with Crippen molar-refractivity contribution in [3.63, 3.8) is 0 Å². The van der Waals surface area contributed by atoms with Crippen LogP contribution in [0, 0.1) is 11.8 Å². The van der Waals surface area contributed by atoms with Gasteiger partial charge in [-0.3, -0.25) is 4.98 Å². The first kappa shape index (κ1) is 11.3. The first-order chi connectivity index (χ1) is 8.66. The zero-order valence-corrected chi connectivity index (χ0v) is 10.9. The molecule has 2 unspecified atom stereocenters. The van der Waals surface area contributed by atoms with Crippen LogP contribution in [0.3, 0.4) is 0 Å². The van der Waals surface area contributed by atoms with Crippen molar-refractivity contribution >= 4 is 22.1 Å². The van der Waals surface area contributed by atoms with Gasteiger partial charge in [0.05, 0.1) is 0 Å². The van der Waals surface area contributed by atoms with Crippen molar-refractivity contribution in [3.05, 3.63) is 30.6 Å². The van der Waals surface area contributed by atoms with E-state index in [0.717, 1.165) is 36.0 Å². The molecule has 0 amide bonds. The summed E-state index contributed by atoms with van der Waals surface area (Å²) < 4.78 is 0. The van der Waals surface area contributed by atoms with Crippen molar-refractivity contribution < 1.29 is 0 Å². The second-order valence-corrected chi connectivity index (χ2v) is 5.45. The number of rotatable bonds is 1. The second-order valence-electron chi connectivity index (χ2n) is 5.45. The highest BCUT2D eigenvalue weighted by Gasteiger charge is 2.27. The number of nitrogens with two attached hydrogens (primary N) is 1. The minimum atomic E-state index is 0.745. The first-order valence-corrected chi connectivity index (χ1v) is 6.54. The third-order valence-corrected chi connectivity index (χ3v) is 4.16. The van der Waals surface area contributed by atoms with E-state index in [1.807, 2.05) is 18.3 Å². The van der Waals surface area contributed by atoms with Gasteiger partial charge in [-0.25, -0.2) is 0 Å². The molecule has 3 heteroatoms. The summed E-state index contributed by atoms with van der Waals surface area (Å²) in [4.78, 5) is 6.70. The van der Waals surface area contributed by atoms with E-state index in [-0.39, 0.29) is 0 Å². The Hall–Kier alpha value is -1.77. The van der Waals surface area contributed by atoms with Gasteiger partial charge >= 0.3 is 0 Å². The molecule has 2 aromatic rings. The summed E-state index contributed by atoms with van der Waals surface area (Å²) in [6.45, 7) is 6.88. The topological polar surface area (TPSA) is 42.1 Å². The van der Waals surface area contributed by atoms with E-state index < -0.39 is 0 Å². The Labute approximate surface area is 108 Å². The summed E-state index contributed by atoms with van der Waals surface area (Å²) in [7, 11) is 0. The van der Waals surface area contributed by atoms with Gasteiger partial charge in [-0.05, 0) is 30.0 Å². The Bertz CT molecular complexity index is 569. The van der Waals surface area contributed by atoms with E-state index in [1.54, 1.807) is 6.20 Å². The van der Waals surface area contributed by atoms with E-state index in [2.05, 4.69) is 29.8 Å². The molecule has 18 heavy (non-hydrogen) atoms. The molecule has 1 saturated heterocycles. The van der Waals surface area contributed by atoms with Crippen molar-refractivity contribution in [1.82, 2.24) is 4.98 Å². The van der Waals surface area contributed by atoms with Gasteiger partial charge in [0.15, 0.2) is 0 Å². The standard InChI is InChI=1S/C15H19N3/c1-10-8-18(9-11(10)2)15-4-3-14(16)12-5-6-17-7-13(12)15/h3-7,10-11H,8-9,16H2,1-2H3. The lowest BCUT2D eigenvalue weighted by Crippen LogP contribution is -2.19. The fraction of sp³-hybridized carbons (Fsp3) is 0.400. The Morgan fingerprint density at radius 3 is 2.56 bits per heavy atom. The highest BCUT2D eigenvalue weighted by Crippen LogP contribution is 2.34. The predicted molar refractivity (Wildman–Crippen MR) is 76.7 cm³/mol. The summed E-state index contributed by atoms with van der Waals surface area (Å²) in [5.74, 6) is 1.49. The molecule has 1 aliphatic heterocycles. The third-order valence-electron chi connectivity index (χ3n) is 4.16. The number of pyridine rings is 1. The predicted octanol–water partition coefficient (Wildman–Crippen LogP) is 2.91. The van der Waals surface area contributed by atoms with Crippen LogP contribution in [0.15, 0.2) is 30.6 Å². The molecule has 0 aliphatic carbocycles. The molecule has 1 fully saturated rings. The van der Waals surface area contributed by atoms with Gasteiger partial charge in [0.2, 0.25) is 0 Å². The molecule has 0 spiro atoms. The Balaban J connectivity index is 2.10. The average molecular weight is 241 g/mol. The maximum atomic E-state index is 6.03. The summed E-state index contributed by atoms with van der Waals surface area (Å²) in [5.41, 5.74) is 8.13. The normalized spacial score (nSPS) is 23.8. The van der Waals surface area contributed by atoms with Gasteiger partial charge in [0, 0.05) is 47.6 Å². The maximum absolute atomic E-state index is 6.03. The van der Waals surface area contributed by atoms with Crippen LogP contribution in [0.4, 0.5) is 11.4 Å². The smallest absolute Gasteiger partial charge is 0.0463 e. The van der Waals surface area contributed by atoms with Crippen LogP contribution < -0.4 is 10.6 Å². The molecule has 2 atom stereocenters. The van der Waals surface area contributed by atoms with Crippen molar-refractivity contribution in [2.24, 2.45) is 11.8 Å². The number of benzene rings is 1. The van der Waals surface area contributed by atoms with Crippen LogP contribution in [0.2, 0.25) is 0 Å². The largest absolute Gasteiger partial charge is 0.398 e. The first-order valence-electron chi connectivity index (χ1n) is 6.54. The molecule has 1 aliphatic rings. The molecule has 0 radical (unpaired) electrons. The van der Waals surface area contributed by atoms with Gasteiger partial charge in [-0.15, -0.1) is 0 Å². The van der Waals surface area contributed by atoms with Crippen LogP contribution in [-0.4, -0.2) is 18.1 Å². The molecule has 0 saturated carbocycles. The number of hydrogen-bond acceptors (Lipinski definition) is 3. The van der Waals surface area contributed by atoms with Crippen molar-refractivity contribution in [3.8, 4) is 0 Å². The third kappa shape index (κ3) is 1.70. The fourth-order valence-electron chi connectivity index (χ4n) is 2.80. The van der Waals surface area contributed by atoms with Gasteiger partial charge < -0.3 is 10.6 Å². The highest BCUT2D eigenvalue weighted by molar-refractivity contribution is 6.00. The van der Waals surface area contributed by atoms with E-state index in [4.69, 9.17) is 5.73 Å². The molecular weight excluding hydrogens is 222 g/mol. The van der Waals surface area contributed by atoms with Crippen LogP contribution in [0.5, 0.6) is 0 Å². The van der Waals surface area contributed by atoms with Crippen molar-refractivity contribution in [1.29, 1.82) is 0 Å². The molecule has 2 heterocycles. The van der Waals surface area contributed by atoms with E-state index >= 15 is 0 Å². The zero-order valence-electron chi connectivity index (χ0n) is 10.9. The highest BCUT2D eigenvalue weighted by atomic mass is 15.2. The summed E-state index contributed by atoms with van der Waals surface area (Å²) in [6, 6.07) is 6.13. The Morgan fingerprint density at radius 1 is 1.11 bits per heavy atom. The number of hydrogen-bond donors (Lipinski definition) is 1. The number of nitrogen functional groups attached to an aromatic ring is 1.